The number of methoxy groups -OCH3 is 1. The molecule has 0 bridgehead atoms. The number of carbonyl (C=O) groups excluding carboxylic acids is 3. The lowest BCUT2D eigenvalue weighted by Crippen LogP contribution is -2.17. The maximum atomic E-state index is 11.3. The fraction of sp³-hybridized carbons (Fsp3) is 0.154. The summed E-state index contributed by atoms with van der Waals surface area (Å²) < 4.78 is 13.9. The highest BCUT2D eigenvalue weighted by Gasteiger charge is 2.09. The zero-order chi connectivity index (χ0) is 14.3. The molecule has 1 aromatic rings. The molecular formula is C13H12O6. The van der Waals surface area contributed by atoms with Crippen molar-refractivity contribution in [2.45, 2.75) is 0 Å². The van der Waals surface area contributed by atoms with Crippen LogP contribution < -0.4 is 4.74 Å². The van der Waals surface area contributed by atoms with E-state index >= 15 is 0 Å². The number of benzene rings is 1. The van der Waals surface area contributed by atoms with Crippen LogP contribution in [0.25, 0.3) is 0 Å². The van der Waals surface area contributed by atoms with Crippen molar-refractivity contribution >= 4 is 17.9 Å². The lowest BCUT2D eigenvalue weighted by atomic mass is 10.2. The molecule has 0 amide bonds. The molecule has 0 saturated heterocycles. The van der Waals surface area contributed by atoms with E-state index in [0.717, 1.165) is 6.08 Å². The van der Waals surface area contributed by atoms with Gasteiger partial charge in [-0.3, -0.25) is 0 Å². The van der Waals surface area contributed by atoms with Crippen molar-refractivity contribution in [3.8, 4) is 5.75 Å². The van der Waals surface area contributed by atoms with Gasteiger partial charge in [0, 0.05) is 6.08 Å². The summed E-state index contributed by atoms with van der Waals surface area (Å²) >= 11 is 0. The normalized spacial score (nSPS) is 9.32. The van der Waals surface area contributed by atoms with Gasteiger partial charge in [-0.1, -0.05) is 6.58 Å². The van der Waals surface area contributed by atoms with Crippen LogP contribution in [0.5, 0.6) is 5.75 Å². The highest BCUT2D eigenvalue weighted by molar-refractivity contribution is 5.89. The van der Waals surface area contributed by atoms with E-state index in [1.807, 2.05) is 0 Å². The number of hydrogen-bond donors (Lipinski definition) is 0. The number of carbonyl (C=O) groups is 3. The summed E-state index contributed by atoms with van der Waals surface area (Å²) in [5, 5.41) is 0. The molecular weight excluding hydrogens is 252 g/mol. The van der Waals surface area contributed by atoms with E-state index in [0.29, 0.717) is 5.56 Å². The highest BCUT2D eigenvalue weighted by Crippen LogP contribution is 2.13. The van der Waals surface area contributed by atoms with E-state index in [2.05, 4.69) is 16.1 Å². The van der Waals surface area contributed by atoms with Gasteiger partial charge >= 0.3 is 17.9 Å². The van der Waals surface area contributed by atoms with E-state index in [9.17, 15) is 14.4 Å². The summed E-state index contributed by atoms with van der Waals surface area (Å²) in [7, 11) is 1.27. The molecule has 0 spiro atoms. The van der Waals surface area contributed by atoms with E-state index < -0.39 is 24.5 Å². The second-order valence-corrected chi connectivity index (χ2v) is 3.30. The Kier molecular flexibility index (Phi) is 5.28. The van der Waals surface area contributed by atoms with Crippen molar-refractivity contribution < 1.29 is 28.6 Å². The molecule has 0 aliphatic carbocycles. The summed E-state index contributed by atoms with van der Waals surface area (Å²) in [6, 6.07) is 5.76. The highest BCUT2D eigenvalue weighted by atomic mass is 16.6. The fourth-order valence-corrected chi connectivity index (χ4v) is 1.13. The predicted octanol–water partition coefficient (Wildman–Crippen LogP) is 1.11. The lowest BCUT2D eigenvalue weighted by Gasteiger charge is -2.05. The topological polar surface area (TPSA) is 78.9 Å². The summed E-state index contributed by atoms with van der Waals surface area (Å²) in [5.74, 6) is -1.70. The van der Waals surface area contributed by atoms with E-state index in [-0.39, 0.29) is 5.75 Å². The molecule has 6 nitrogen and oxygen atoms in total. The third-order valence-electron chi connectivity index (χ3n) is 2.01. The summed E-state index contributed by atoms with van der Waals surface area (Å²) in [4.78, 5) is 33.2. The van der Waals surface area contributed by atoms with Gasteiger partial charge in [-0.05, 0) is 24.3 Å². The van der Waals surface area contributed by atoms with Crippen molar-refractivity contribution in [1.29, 1.82) is 0 Å². The molecule has 0 fully saturated rings. The Morgan fingerprint density at radius 3 is 2.37 bits per heavy atom. The van der Waals surface area contributed by atoms with E-state index in [1.54, 1.807) is 0 Å². The van der Waals surface area contributed by atoms with Crippen LogP contribution >= 0.6 is 0 Å². The van der Waals surface area contributed by atoms with Gasteiger partial charge in [-0.25, -0.2) is 14.4 Å². The number of hydrogen-bond acceptors (Lipinski definition) is 6. The molecule has 0 unspecified atom stereocenters. The molecule has 0 aliphatic heterocycles. The van der Waals surface area contributed by atoms with Crippen LogP contribution in [-0.4, -0.2) is 31.6 Å². The lowest BCUT2D eigenvalue weighted by molar-refractivity contribution is -0.150. The first-order valence-corrected chi connectivity index (χ1v) is 5.25. The van der Waals surface area contributed by atoms with Crippen LogP contribution in [0.4, 0.5) is 0 Å². The first kappa shape index (κ1) is 14.4. The van der Waals surface area contributed by atoms with Crippen LogP contribution in [-0.2, 0) is 19.1 Å². The zero-order valence-electron chi connectivity index (χ0n) is 10.3. The first-order chi connectivity index (χ1) is 9.06. The second kappa shape index (κ2) is 6.95. The van der Waals surface area contributed by atoms with Gasteiger partial charge in [0.2, 0.25) is 0 Å². The number of ether oxygens (including phenoxy) is 3. The van der Waals surface area contributed by atoms with Crippen molar-refractivity contribution in [3.63, 3.8) is 0 Å². The SMILES string of the molecule is C=CC(=O)OCC(=O)Oc1ccc(C(=O)OC)cc1. The standard InChI is InChI=1S/C13H12O6/c1-3-11(14)18-8-12(15)19-10-6-4-9(5-7-10)13(16)17-2/h3-7H,1,8H2,2H3. The second-order valence-electron chi connectivity index (χ2n) is 3.30. The molecule has 0 atom stereocenters. The zero-order valence-corrected chi connectivity index (χ0v) is 10.3. The molecule has 0 aliphatic rings. The van der Waals surface area contributed by atoms with Crippen LogP contribution in [0.1, 0.15) is 10.4 Å². The predicted molar refractivity (Wildman–Crippen MR) is 64.6 cm³/mol. The molecule has 1 aromatic carbocycles. The smallest absolute Gasteiger partial charge is 0.349 e. The number of esters is 3. The van der Waals surface area contributed by atoms with Crippen molar-refractivity contribution in [1.82, 2.24) is 0 Å². The van der Waals surface area contributed by atoms with Crippen LogP contribution in [0, 0.1) is 0 Å². The van der Waals surface area contributed by atoms with Gasteiger partial charge in [-0.15, -0.1) is 0 Å². The third-order valence-corrected chi connectivity index (χ3v) is 2.01. The molecule has 1 rings (SSSR count). The van der Waals surface area contributed by atoms with E-state index in [1.165, 1.54) is 31.4 Å². The van der Waals surface area contributed by atoms with Gasteiger partial charge in [0.05, 0.1) is 12.7 Å². The molecule has 0 saturated carbocycles. The molecule has 6 heteroatoms. The Labute approximate surface area is 109 Å². The Balaban J connectivity index is 2.53. The van der Waals surface area contributed by atoms with Crippen molar-refractivity contribution in [3.05, 3.63) is 42.5 Å². The van der Waals surface area contributed by atoms with Gasteiger partial charge < -0.3 is 14.2 Å². The molecule has 0 aromatic heterocycles. The minimum absolute atomic E-state index is 0.229. The Bertz CT molecular complexity index is 488. The fourth-order valence-electron chi connectivity index (χ4n) is 1.13. The molecule has 0 radical (unpaired) electrons. The molecule has 0 N–H and O–H groups in total. The largest absolute Gasteiger partial charge is 0.465 e. The van der Waals surface area contributed by atoms with Gasteiger partial charge in [0.15, 0.2) is 6.61 Å². The van der Waals surface area contributed by atoms with Crippen molar-refractivity contribution in [2.24, 2.45) is 0 Å². The Morgan fingerprint density at radius 1 is 1.21 bits per heavy atom. The van der Waals surface area contributed by atoms with Gasteiger partial charge in [-0.2, -0.15) is 0 Å². The summed E-state index contributed by atoms with van der Waals surface area (Å²) in [6.07, 6.45) is 0.943. The minimum Gasteiger partial charge on any atom is -0.465 e. The van der Waals surface area contributed by atoms with Crippen molar-refractivity contribution in [2.75, 3.05) is 13.7 Å². The molecule has 19 heavy (non-hydrogen) atoms. The monoisotopic (exact) mass is 264 g/mol. The number of rotatable bonds is 5. The Morgan fingerprint density at radius 2 is 1.84 bits per heavy atom. The van der Waals surface area contributed by atoms with E-state index in [4.69, 9.17) is 4.74 Å². The quantitative estimate of drug-likeness (QED) is 0.450. The van der Waals surface area contributed by atoms with Gasteiger partial charge in [0.1, 0.15) is 5.75 Å². The minimum atomic E-state index is -0.735. The maximum Gasteiger partial charge on any atom is 0.349 e. The average Bonchev–Trinajstić information content (AvgIpc) is 2.44. The molecule has 100 valence electrons. The first-order valence-electron chi connectivity index (χ1n) is 5.25. The van der Waals surface area contributed by atoms with Gasteiger partial charge in [0.25, 0.3) is 0 Å². The van der Waals surface area contributed by atoms with Crippen LogP contribution in [0.15, 0.2) is 36.9 Å². The summed E-state index contributed by atoms with van der Waals surface area (Å²) in [5.41, 5.74) is 0.334. The van der Waals surface area contributed by atoms with Crippen LogP contribution in [0.3, 0.4) is 0 Å². The average molecular weight is 264 g/mol. The Hall–Kier alpha value is -2.63. The molecule has 0 heterocycles. The summed E-state index contributed by atoms with van der Waals surface area (Å²) in [6.45, 7) is 2.68. The van der Waals surface area contributed by atoms with Crippen LogP contribution in [0.2, 0.25) is 0 Å². The third kappa shape index (κ3) is 4.63. The maximum absolute atomic E-state index is 11.3.